The molecular weight excluding hydrogens is 232 g/mol. The van der Waals surface area contributed by atoms with E-state index in [4.69, 9.17) is 4.74 Å². The van der Waals surface area contributed by atoms with Crippen LogP contribution in [-0.2, 0) is 4.74 Å². The zero-order valence-corrected chi connectivity index (χ0v) is 9.59. The summed E-state index contributed by atoms with van der Waals surface area (Å²) in [5.41, 5.74) is 2.28. The minimum atomic E-state index is -0.165. The van der Waals surface area contributed by atoms with Crippen LogP contribution in [0.3, 0.4) is 0 Å². The Kier molecular flexibility index (Phi) is 2.77. The van der Waals surface area contributed by atoms with Crippen molar-refractivity contribution in [3.63, 3.8) is 0 Å². The molecule has 6 nitrogen and oxygen atoms in total. The van der Waals surface area contributed by atoms with Gasteiger partial charge in [0.2, 0.25) is 0 Å². The van der Waals surface area contributed by atoms with E-state index in [0.29, 0.717) is 18.9 Å². The minimum absolute atomic E-state index is 0.118. The van der Waals surface area contributed by atoms with Crippen LogP contribution in [0.4, 0.5) is 0 Å². The molecule has 1 amide bonds. The first kappa shape index (κ1) is 10.9. The fourth-order valence-electron chi connectivity index (χ4n) is 1.69. The summed E-state index contributed by atoms with van der Waals surface area (Å²) in [6, 6.07) is 3.68. The Morgan fingerprint density at radius 3 is 2.78 bits per heavy atom. The lowest BCUT2D eigenvalue weighted by atomic mass is 10.1. The van der Waals surface area contributed by atoms with E-state index in [1.165, 1.54) is 0 Å². The maximum Gasteiger partial charge on any atom is 0.270 e. The highest BCUT2D eigenvalue weighted by Gasteiger charge is 2.21. The molecular formula is C12H12N4O2. The van der Waals surface area contributed by atoms with Crippen molar-refractivity contribution >= 4 is 5.91 Å². The van der Waals surface area contributed by atoms with Crippen LogP contribution < -0.4 is 5.32 Å². The number of aromatic nitrogens is 3. The normalized spacial score (nSPS) is 15.1. The molecule has 1 aliphatic rings. The maximum atomic E-state index is 11.8. The molecule has 0 bridgehead atoms. The average Bonchev–Trinajstić information content (AvgIpc) is 2.87. The molecule has 1 fully saturated rings. The molecule has 2 aromatic rings. The van der Waals surface area contributed by atoms with Gasteiger partial charge in [-0.05, 0) is 6.07 Å². The van der Waals surface area contributed by atoms with Gasteiger partial charge in [-0.25, -0.2) is 0 Å². The van der Waals surface area contributed by atoms with E-state index in [1.54, 1.807) is 24.7 Å². The van der Waals surface area contributed by atoms with Crippen molar-refractivity contribution in [1.82, 2.24) is 20.5 Å². The molecule has 1 saturated heterocycles. The van der Waals surface area contributed by atoms with Crippen molar-refractivity contribution in [3.8, 4) is 11.1 Å². The molecule has 0 atom stereocenters. The molecule has 2 aromatic heterocycles. The fourth-order valence-corrected chi connectivity index (χ4v) is 1.69. The lowest BCUT2D eigenvalue weighted by molar-refractivity contribution is -0.00354. The molecule has 1 aliphatic heterocycles. The van der Waals surface area contributed by atoms with Crippen molar-refractivity contribution in [3.05, 3.63) is 36.4 Å². The third kappa shape index (κ3) is 2.10. The van der Waals surface area contributed by atoms with E-state index in [9.17, 15) is 4.79 Å². The van der Waals surface area contributed by atoms with Crippen molar-refractivity contribution in [1.29, 1.82) is 0 Å². The Morgan fingerprint density at radius 1 is 1.33 bits per heavy atom. The number of carbonyl (C=O) groups is 1. The summed E-state index contributed by atoms with van der Waals surface area (Å²) in [6.07, 6.45) is 5.15. The van der Waals surface area contributed by atoms with Crippen molar-refractivity contribution in [2.45, 2.75) is 6.04 Å². The van der Waals surface area contributed by atoms with Crippen LogP contribution in [0.2, 0.25) is 0 Å². The highest BCUT2D eigenvalue weighted by Crippen LogP contribution is 2.16. The summed E-state index contributed by atoms with van der Waals surface area (Å²) in [5, 5.41) is 9.45. The van der Waals surface area contributed by atoms with Crippen LogP contribution in [0.5, 0.6) is 0 Å². The van der Waals surface area contributed by atoms with E-state index < -0.39 is 0 Å². The summed E-state index contributed by atoms with van der Waals surface area (Å²) >= 11 is 0. The minimum Gasteiger partial charge on any atom is -0.377 e. The number of carbonyl (C=O) groups excluding carboxylic acids is 1. The quantitative estimate of drug-likeness (QED) is 0.828. The van der Waals surface area contributed by atoms with Crippen molar-refractivity contribution < 1.29 is 9.53 Å². The van der Waals surface area contributed by atoms with Gasteiger partial charge in [-0.15, -0.1) is 0 Å². The predicted octanol–water partition coefficient (Wildman–Crippen LogP) is 0.600. The van der Waals surface area contributed by atoms with Gasteiger partial charge in [0, 0.05) is 23.5 Å². The average molecular weight is 244 g/mol. The topological polar surface area (TPSA) is 79.9 Å². The van der Waals surface area contributed by atoms with Crippen LogP contribution in [0.15, 0.2) is 30.7 Å². The van der Waals surface area contributed by atoms with Crippen LogP contribution in [0, 0.1) is 0 Å². The SMILES string of the molecule is O=C(NC1COC1)c1ccc(-c2cn[nH]c2)cn1. The van der Waals surface area contributed by atoms with E-state index in [-0.39, 0.29) is 11.9 Å². The number of ether oxygens (including phenoxy) is 1. The van der Waals surface area contributed by atoms with E-state index >= 15 is 0 Å². The molecule has 92 valence electrons. The molecule has 3 heterocycles. The number of aromatic amines is 1. The lowest BCUT2D eigenvalue weighted by Gasteiger charge is -2.26. The number of hydrogen-bond donors (Lipinski definition) is 2. The molecule has 0 saturated carbocycles. The Balaban J connectivity index is 1.72. The number of amides is 1. The molecule has 3 rings (SSSR count). The smallest absolute Gasteiger partial charge is 0.270 e. The van der Waals surface area contributed by atoms with E-state index in [2.05, 4.69) is 20.5 Å². The molecule has 18 heavy (non-hydrogen) atoms. The molecule has 6 heteroatoms. The molecule has 0 aliphatic carbocycles. The number of hydrogen-bond acceptors (Lipinski definition) is 4. The predicted molar refractivity (Wildman–Crippen MR) is 63.9 cm³/mol. The van der Waals surface area contributed by atoms with Crippen molar-refractivity contribution in [2.75, 3.05) is 13.2 Å². The number of rotatable bonds is 3. The summed E-state index contributed by atoms with van der Waals surface area (Å²) in [4.78, 5) is 15.9. The first-order valence-electron chi connectivity index (χ1n) is 5.67. The Morgan fingerprint density at radius 2 is 2.22 bits per heavy atom. The third-order valence-electron chi connectivity index (χ3n) is 2.80. The van der Waals surface area contributed by atoms with Gasteiger partial charge in [0.25, 0.3) is 5.91 Å². The van der Waals surface area contributed by atoms with Crippen molar-refractivity contribution in [2.24, 2.45) is 0 Å². The van der Waals surface area contributed by atoms with Crippen LogP contribution in [-0.4, -0.2) is 40.3 Å². The van der Waals surface area contributed by atoms with E-state index in [0.717, 1.165) is 11.1 Å². The number of pyridine rings is 1. The standard InChI is InChI=1S/C12H12N4O2/c17-12(16-10-6-18-7-10)11-2-1-8(3-13-11)9-4-14-15-5-9/h1-5,10H,6-7H2,(H,14,15)(H,16,17). The summed E-state index contributed by atoms with van der Waals surface area (Å²) in [6.45, 7) is 1.16. The zero-order valence-electron chi connectivity index (χ0n) is 9.59. The second-order valence-corrected chi connectivity index (χ2v) is 4.13. The Labute approximate surface area is 103 Å². The third-order valence-corrected chi connectivity index (χ3v) is 2.80. The second-order valence-electron chi connectivity index (χ2n) is 4.13. The van der Waals surface area contributed by atoms with Crippen LogP contribution in [0.1, 0.15) is 10.5 Å². The number of nitrogens with one attached hydrogen (secondary N) is 2. The zero-order chi connectivity index (χ0) is 12.4. The number of H-pyrrole nitrogens is 1. The highest BCUT2D eigenvalue weighted by molar-refractivity contribution is 5.92. The van der Waals surface area contributed by atoms with Gasteiger partial charge >= 0.3 is 0 Å². The highest BCUT2D eigenvalue weighted by atomic mass is 16.5. The second kappa shape index (κ2) is 4.58. The maximum absolute atomic E-state index is 11.8. The molecule has 0 aromatic carbocycles. The van der Waals surface area contributed by atoms with Gasteiger partial charge in [-0.2, -0.15) is 5.10 Å². The van der Waals surface area contributed by atoms with Gasteiger partial charge < -0.3 is 10.1 Å². The Hall–Kier alpha value is -2.21. The van der Waals surface area contributed by atoms with Gasteiger partial charge in [0.15, 0.2) is 0 Å². The number of nitrogens with zero attached hydrogens (tertiary/aromatic N) is 2. The first-order valence-corrected chi connectivity index (χ1v) is 5.67. The molecule has 0 radical (unpaired) electrons. The van der Waals surface area contributed by atoms with Gasteiger partial charge in [-0.3, -0.25) is 14.9 Å². The van der Waals surface area contributed by atoms with Crippen LogP contribution in [0.25, 0.3) is 11.1 Å². The molecule has 2 N–H and O–H groups in total. The van der Waals surface area contributed by atoms with Gasteiger partial charge in [0.1, 0.15) is 5.69 Å². The summed E-state index contributed by atoms with van der Waals surface area (Å²) < 4.78 is 4.99. The largest absolute Gasteiger partial charge is 0.377 e. The fraction of sp³-hybridized carbons (Fsp3) is 0.250. The molecule has 0 unspecified atom stereocenters. The van der Waals surface area contributed by atoms with E-state index in [1.807, 2.05) is 6.07 Å². The summed E-state index contributed by atoms with van der Waals surface area (Å²) in [5.74, 6) is -0.165. The van der Waals surface area contributed by atoms with Gasteiger partial charge in [-0.1, -0.05) is 6.07 Å². The monoisotopic (exact) mass is 244 g/mol. The molecule has 0 spiro atoms. The Bertz CT molecular complexity index is 532. The van der Waals surface area contributed by atoms with Gasteiger partial charge in [0.05, 0.1) is 25.5 Å². The van der Waals surface area contributed by atoms with Crippen LogP contribution >= 0.6 is 0 Å². The lowest BCUT2D eigenvalue weighted by Crippen LogP contribution is -2.48. The summed E-state index contributed by atoms with van der Waals surface area (Å²) in [7, 11) is 0. The first-order chi connectivity index (χ1) is 8.83.